The minimum Gasteiger partial charge on any atom is -0.450 e. The largest absolute Gasteiger partial charge is 0.450 e. The number of hydrogen-bond donors (Lipinski definition) is 0. The number of esters is 1. The molecule has 0 N–H and O–H groups in total. The van der Waals surface area contributed by atoms with Crippen LogP contribution in [0.15, 0.2) is 48.5 Å². The van der Waals surface area contributed by atoms with Gasteiger partial charge in [0.25, 0.3) is 5.91 Å². The fraction of sp³-hybridized carbons (Fsp3) is 0.320. The van der Waals surface area contributed by atoms with E-state index in [1.54, 1.807) is 47.8 Å². The number of carbonyl (C=O) groups excluding carboxylic acids is 3. The minimum atomic E-state index is -0.675. The Hall–Kier alpha value is -3.32. The summed E-state index contributed by atoms with van der Waals surface area (Å²) in [4.78, 5) is 41.7. The van der Waals surface area contributed by atoms with E-state index in [0.717, 1.165) is 16.5 Å². The second kappa shape index (κ2) is 7.92. The smallest absolute Gasteiger partial charge is 0.339 e. The fourth-order valence-corrected chi connectivity index (χ4v) is 5.00. The number of carbonyl (C=O) groups is 3. The highest BCUT2D eigenvalue weighted by Crippen LogP contribution is 2.44. The first-order valence-electron chi connectivity index (χ1n) is 10.9. The molecule has 2 amide bonds. The number of hydrogen-bond acceptors (Lipinski definition) is 4. The standard InChI is InChI=1S/C25H24ClN3O4/c1-27(2)22(30)15-29-20-8-7-17(26)13-16(20)14-21(29)23(31)28-11-9-25(10-12-28)19-6-4-3-5-18(19)24(32)33-25/h3-8,13-14H,9-12,15H2,1-2H3. The number of amides is 2. The molecule has 2 aromatic carbocycles. The third-order valence-corrected chi connectivity index (χ3v) is 6.89. The minimum absolute atomic E-state index is 0.0575. The van der Waals surface area contributed by atoms with Gasteiger partial charge in [0.1, 0.15) is 17.8 Å². The maximum absolute atomic E-state index is 13.6. The number of benzene rings is 2. The zero-order valence-corrected chi connectivity index (χ0v) is 19.3. The monoisotopic (exact) mass is 465 g/mol. The van der Waals surface area contributed by atoms with Gasteiger partial charge in [-0.25, -0.2) is 4.79 Å². The van der Waals surface area contributed by atoms with Crippen LogP contribution in [0.25, 0.3) is 10.9 Å². The zero-order valence-electron chi connectivity index (χ0n) is 18.5. The van der Waals surface area contributed by atoms with Crippen LogP contribution in [0.4, 0.5) is 0 Å². The lowest BCUT2D eigenvalue weighted by molar-refractivity contribution is -0.129. The summed E-state index contributed by atoms with van der Waals surface area (Å²) in [5.74, 6) is -0.561. The van der Waals surface area contributed by atoms with Gasteiger partial charge in [0.15, 0.2) is 0 Å². The number of halogens is 1. The van der Waals surface area contributed by atoms with Gasteiger partial charge >= 0.3 is 5.97 Å². The summed E-state index contributed by atoms with van der Waals surface area (Å²) in [6.07, 6.45) is 1.06. The van der Waals surface area contributed by atoms with Crippen molar-refractivity contribution in [2.75, 3.05) is 27.2 Å². The van der Waals surface area contributed by atoms with Gasteiger partial charge in [0.2, 0.25) is 5.91 Å². The summed E-state index contributed by atoms with van der Waals surface area (Å²) >= 11 is 6.17. The predicted octanol–water partition coefficient (Wildman–Crippen LogP) is 3.68. The predicted molar refractivity (Wildman–Crippen MR) is 124 cm³/mol. The lowest BCUT2D eigenvalue weighted by Crippen LogP contribution is -2.46. The maximum Gasteiger partial charge on any atom is 0.339 e. The summed E-state index contributed by atoms with van der Waals surface area (Å²) in [5.41, 5.74) is 2.07. The van der Waals surface area contributed by atoms with Crippen LogP contribution in [0.3, 0.4) is 0 Å². The van der Waals surface area contributed by atoms with E-state index < -0.39 is 5.60 Å². The second-order valence-electron chi connectivity index (χ2n) is 8.83. The van der Waals surface area contributed by atoms with Crippen molar-refractivity contribution in [3.8, 4) is 0 Å². The first-order chi connectivity index (χ1) is 15.8. The van der Waals surface area contributed by atoms with Crippen molar-refractivity contribution in [2.45, 2.75) is 25.0 Å². The van der Waals surface area contributed by atoms with Crippen LogP contribution < -0.4 is 0 Å². The van der Waals surface area contributed by atoms with E-state index in [0.29, 0.717) is 42.2 Å². The van der Waals surface area contributed by atoms with Crippen molar-refractivity contribution >= 4 is 40.3 Å². The van der Waals surface area contributed by atoms with Crippen molar-refractivity contribution in [1.29, 1.82) is 0 Å². The number of nitrogens with zero attached hydrogens (tertiary/aromatic N) is 3. The average Bonchev–Trinajstić information content (AvgIpc) is 3.29. The maximum atomic E-state index is 13.6. The van der Waals surface area contributed by atoms with Crippen molar-refractivity contribution in [1.82, 2.24) is 14.4 Å². The fourth-order valence-electron chi connectivity index (χ4n) is 4.82. The highest BCUT2D eigenvalue weighted by Gasteiger charge is 2.47. The third kappa shape index (κ3) is 3.56. The van der Waals surface area contributed by atoms with Gasteiger partial charge in [-0.2, -0.15) is 0 Å². The SMILES string of the molecule is CN(C)C(=O)Cn1c(C(=O)N2CCC3(CC2)OC(=O)c2ccccc23)cc2cc(Cl)ccc21. The van der Waals surface area contributed by atoms with Gasteiger partial charge in [-0.15, -0.1) is 0 Å². The summed E-state index contributed by atoms with van der Waals surface area (Å²) in [6, 6.07) is 14.6. The molecule has 0 aliphatic carbocycles. The molecule has 33 heavy (non-hydrogen) atoms. The van der Waals surface area contributed by atoms with E-state index in [1.165, 1.54) is 4.90 Å². The molecular formula is C25H24ClN3O4. The van der Waals surface area contributed by atoms with Crippen LogP contribution >= 0.6 is 11.6 Å². The van der Waals surface area contributed by atoms with E-state index in [4.69, 9.17) is 16.3 Å². The molecular weight excluding hydrogens is 442 g/mol. The van der Waals surface area contributed by atoms with Crippen molar-refractivity contribution < 1.29 is 19.1 Å². The topological polar surface area (TPSA) is 71.8 Å². The normalized spacial score (nSPS) is 16.7. The Morgan fingerprint density at radius 1 is 1.09 bits per heavy atom. The summed E-state index contributed by atoms with van der Waals surface area (Å²) in [6.45, 7) is 0.955. The van der Waals surface area contributed by atoms with Crippen LogP contribution in [0.2, 0.25) is 5.02 Å². The van der Waals surface area contributed by atoms with Crippen LogP contribution in [0, 0.1) is 0 Å². The molecule has 1 saturated heterocycles. The number of ether oxygens (including phenoxy) is 1. The Morgan fingerprint density at radius 2 is 1.82 bits per heavy atom. The molecule has 2 aliphatic heterocycles. The molecule has 0 bridgehead atoms. The van der Waals surface area contributed by atoms with E-state index in [9.17, 15) is 14.4 Å². The molecule has 5 rings (SSSR count). The first kappa shape index (κ1) is 21.5. The number of fused-ring (bicyclic) bond motifs is 3. The highest BCUT2D eigenvalue weighted by molar-refractivity contribution is 6.31. The van der Waals surface area contributed by atoms with Gasteiger partial charge in [-0.3, -0.25) is 9.59 Å². The van der Waals surface area contributed by atoms with Crippen LogP contribution in [0.1, 0.15) is 39.3 Å². The van der Waals surface area contributed by atoms with Gasteiger partial charge < -0.3 is 19.1 Å². The van der Waals surface area contributed by atoms with Gasteiger partial charge in [0, 0.05) is 61.5 Å². The third-order valence-electron chi connectivity index (χ3n) is 6.66. The van der Waals surface area contributed by atoms with Crippen LogP contribution in [-0.2, 0) is 21.7 Å². The quantitative estimate of drug-likeness (QED) is 0.553. The Kier molecular flexibility index (Phi) is 5.16. The molecule has 0 unspecified atom stereocenters. The van der Waals surface area contributed by atoms with Gasteiger partial charge in [0.05, 0.1) is 5.56 Å². The zero-order chi connectivity index (χ0) is 23.3. The molecule has 1 aromatic heterocycles. The van der Waals surface area contributed by atoms with E-state index in [2.05, 4.69) is 0 Å². The van der Waals surface area contributed by atoms with Crippen molar-refractivity contribution in [3.05, 3.63) is 70.4 Å². The highest BCUT2D eigenvalue weighted by atomic mass is 35.5. The molecule has 1 fully saturated rings. The molecule has 170 valence electrons. The molecule has 3 heterocycles. The number of aromatic nitrogens is 1. The number of likely N-dealkylation sites (N-methyl/N-ethyl adjacent to an activating group) is 1. The van der Waals surface area contributed by atoms with E-state index >= 15 is 0 Å². The van der Waals surface area contributed by atoms with Crippen LogP contribution in [-0.4, -0.2) is 59.3 Å². The lowest BCUT2D eigenvalue weighted by atomic mass is 9.83. The average molecular weight is 466 g/mol. The summed E-state index contributed by atoms with van der Waals surface area (Å²) in [5, 5.41) is 1.38. The van der Waals surface area contributed by atoms with Crippen molar-refractivity contribution in [2.24, 2.45) is 0 Å². The van der Waals surface area contributed by atoms with Crippen molar-refractivity contribution in [3.63, 3.8) is 0 Å². The summed E-state index contributed by atoms with van der Waals surface area (Å²) in [7, 11) is 3.38. The van der Waals surface area contributed by atoms with Gasteiger partial charge in [-0.1, -0.05) is 29.8 Å². The number of rotatable bonds is 3. The Morgan fingerprint density at radius 3 is 2.55 bits per heavy atom. The molecule has 0 saturated carbocycles. The molecule has 0 radical (unpaired) electrons. The first-order valence-corrected chi connectivity index (χ1v) is 11.3. The molecule has 7 nitrogen and oxygen atoms in total. The molecule has 2 aliphatic rings. The Balaban J connectivity index is 1.43. The molecule has 1 spiro atoms. The Labute approximate surface area is 196 Å². The second-order valence-corrected chi connectivity index (χ2v) is 9.27. The van der Waals surface area contributed by atoms with Crippen LogP contribution in [0.5, 0.6) is 0 Å². The molecule has 3 aromatic rings. The number of piperidine rings is 1. The van der Waals surface area contributed by atoms with Gasteiger partial charge in [-0.05, 0) is 30.3 Å². The number of likely N-dealkylation sites (tertiary alicyclic amines) is 1. The molecule has 8 heteroatoms. The Bertz CT molecular complexity index is 1290. The summed E-state index contributed by atoms with van der Waals surface area (Å²) < 4.78 is 7.57. The van der Waals surface area contributed by atoms with E-state index in [-0.39, 0.29) is 24.3 Å². The van der Waals surface area contributed by atoms with E-state index in [1.807, 2.05) is 24.3 Å². The lowest BCUT2D eigenvalue weighted by Gasteiger charge is -2.38. The molecule has 0 atom stereocenters.